The summed E-state index contributed by atoms with van der Waals surface area (Å²) >= 11 is 3.03. The Balaban J connectivity index is 3.13. The largest absolute Gasteiger partial charge is 0.458 e. The minimum absolute atomic E-state index is 0.303. The van der Waals surface area contributed by atoms with Crippen molar-refractivity contribution in [3.05, 3.63) is 21.7 Å². The second kappa shape index (κ2) is 4.94. The minimum atomic E-state index is -4.70. The molecular formula is C8H8BrF3N2O3. The smallest absolute Gasteiger partial charge is 0.424 e. The molecule has 1 unspecified atom stereocenters. The van der Waals surface area contributed by atoms with E-state index in [0.717, 1.165) is 0 Å². The highest BCUT2D eigenvalue weighted by molar-refractivity contribution is 9.09. The van der Waals surface area contributed by atoms with Crippen LogP contribution < -0.4 is 4.74 Å². The van der Waals surface area contributed by atoms with Gasteiger partial charge in [-0.15, -0.1) is 0 Å². The maximum atomic E-state index is 12.5. The van der Waals surface area contributed by atoms with Gasteiger partial charge in [-0.3, -0.25) is 0 Å². The predicted octanol–water partition coefficient (Wildman–Crippen LogP) is 3.10. The molecule has 96 valence electrons. The van der Waals surface area contributed by atoms with Gasteiger partial charge in [-0.1, -0.05) is 15.9 Å². The average molecular weight is 317 g/mol. The molecule has 0 amide bonds. The number of hydrogen-bond donors (Lipinski definition) is 1. The fourth-order valence-corrected chi connectivity index (χ4v) is 1.19. The van der Waals surface area contributed by atoms with Gasteiger partial charge in [0.2, 0.25) is 0 Å². The molecule has 0 fully saturated rings. The van der Waals surface area contributed by atoms with Crippen molar-refractivity contribution in [1.29, 1.82) is 0 Å². The zero-order valence-electron chi connectivity index (χ0n) is 8.55. The number of aromatic nitrogens is 1. The predicted molar refractivity (Wildman–Crippen MR) is 56.3 cm³/mol. The van der Waals surface area contributed by atoms with E-state index in [2.05, 4.69) is 15.9 Å². The summed E-state index contributed by atoms with van der Waals surface area (Å²) < 4.78 is 42.6. The molecule has 0 saturated heterocycles. The van der Waals surface area contributed by atoms with Crippen molar-refractivity contribution >= 4 is 21.7 Å². The number of ether oxygens (including phenoxy) is 1. The van der Waals surface area contributed by atoms with Crippen LogP contribution in [0.15, 0.2) is 6.07 Å². The van der Waals surface area contributed by atoms with Gasteiger partial charge in [0.25, 0.3) is 5.88 Å². The molecule has 0 bridgehead atoms. The molecule has 1 rings (SSSR count). The Labute approximate surface area is 102 Å². The van der Waals surface area contributed by atoms with E-state index >= 15 is 0 Å². The molecule has 0 aliphatic heterocycles. The van der Waals surface area contributed by atoms with Crippen molar-refractivity contribution < 1.29 is 22.8 Å². The molecule has 0 aromatic carbocycles. The molecule has 17 heavy (non-hydrogen) atoms. The van der Waals surface area contributed by atoms with E-state index in [1.54, 1.807) is 0 Å². The molecule has 1 atom stereocenters. The van der Waals surface area contributed by atoms with Gasteiger partial charge >= 0.3 is 12.0 Å². The summed E-state index contributed by atoms with van der Waals surface area (Å²) in [4.78, 5) is 11.4. The topological polar surface area (TPSA) is 68.2 Å². The Hall–Kier alpha value is -1.25. The number of H-pyrrole nitrogens is 1. The fraction of sp³-hybridized carbons (Fsp3) is 0.500. The quantitative estimate of drug-likeness (QED) is 0.527. The minimum Gasteiger partial charge on any atom is -0.458 e. The lowest BCUT2D eigenvalue weighted by atomic mass is 10.3. The van der Waals surface area contributed by atoms with Crippen LogP contribution in [-0.2, 0) is 6.18 Å². The van der Waals surface area contributed by atoms with Gasteiger partial charge in [-0.2, -0.15) is 13.2 Å². The molecule has 0 aliphatic rings. The molecular weight excluding hydrogens is 309 g/mol. The lowest BCUT2D eigenvalue weighted by molar-refractivity contribution is -0.389. The van der Waals surface area contributed by atoms with Crippen LogP contribution in [0.25, 0.3) is 0 Å². The van der Waals surface area contributed by atoms with Gasteiger partial charge < -0.3 is 14.9 Å². The van der Waals surface area contributed by atoms with Gasteiger partial charge in [-0.05, 0) is 11.8 Å². The van der Waals surface area contributed by atoms with Crippen molar-refractivity contribution in [3.8, 4) is 5.88 Å². The maximum absolute atomic E-state index is 12.5. The number of nitro groups is 1. The van der Waals surface area contributed by atoms with Gasteiger partial charge in [0, 0.05) is 5.33 Å². The van der Waals surface area contributed by atoms with Crippen LogP contribution in [0.4, 0.5) is 19.0 Å². The first-order chi connectivity index (χ1) is 7.75. The van der Waals surface area contributed by atoms with Crippen LogP contribution in [0, 0.1) is 10.1 Å². The molecule has 0 saturated carbocycles. The third-order valence-corrected chi connectivity index (χ3v) is 2.72. The maximum Gasteiger partial charge on any atom is 0.424 e. The van der Waals surface area contributed by atoms with Crippen molar-refractivity contribution in [1.82, 2.24) is 4.98 Å². The zero-order chi connectivity index (χ0) is 13.2. The van der Waals surface area contributed by atoms with Crippen LogP contribution in [0.5, 0.6) is 5.88 Å². The van der Waals surface area contributed by atoms with E-state index in [9.17, 15) is 23.3 Å². The number of hydrogen-bond acceptors (Lipinski definition) is 3. The standard InChI is InChI=1S/C8H8BrF3N2O3/c1-4(3-9)17-7-5(8(10,11)12)2-6(13-7)14(15)16/h2,4,13H,3H2,1H3. The summed E-state index contributed by atoms with van der Waals surface area (Å²) in [5.74, 6) is -1.40. The van der Waals surface area contributed by atoms with E-state index in [4.69, 9.17) is 4.74 Å². The molecule has 9 heteroatoms. The highest BCUT2D eigenvalue weighted by Crippen LogP contribution is 2.38. The highest BCUT2D eigenvalue weighted by atomic mass is 79.9. The third-order valence-electron chi connectivity index (χ3n) is 1.81. The SMILES string of the molecule is CC(CBr)Oc1[nH]c([N+](=O)[O-])cc1C(F)(F)F. The van der Waals surface area contributed by atoms with Crippen molar-refractivity contribution in [3.63, 3.8) is 0 Å². The summed E-state index contributed by atoms with van der Waals surface area (Å²) in [7, 11) is 0. The fourth-order valence-electron chi connectivity index (χ4n) is 1.06. The van der Waals surface area contributed by atoms with Gasteiger partial charge in [-0.25, -0.2) is 4.98 Å². The molecule has 5 nitrogen and oxygen atoms in total. The average Bonchev–Trinajstić information content (AvgIpc) is 2.61. The van der Waals surface area contributed by atoms with Gasteiger partial charge in [0.05, 0.1) is 6.07 Å². The van der Waals surface area contributed by atoms with Crippen LogP contribution in [0.2, 0.25) is 0 Å². The Morgan fingerprint density at radius 1 is 1.65 bits per heavy atom. The first kappa shape index (κ1) is 13.8. The molecule has 1 heterocycles. The zero-order valence-corrected chi connectivity index (χ0v) is 10.1. The van der Waals surface area contributed by atoms with E-state index in [-0.39, 0.29) is 0 Å². The van der Waals surface area contributed by atoms with Crippen LogP contribution in [0.1, 0.15) is 12.5 Å². The Bertz CT molecular complexity index is 419. The number of aromatic amines is 1. The van der Waals surface area contributed by atoms with E-state index in [1.165, 1.54) is 6.92 Å². The molecule has 1 aromatic rings. The summed E-state index contributed by atoms with van der Waals surface area (Å²) in [6, 6.07) is 0.413. The molecule has 1 aromatic heterocycles. The molecule has 1 N–H and O–H groups in total. The first-order valence-corrected chi connectivity index (χ1v) is 5.55. The Morgan fingerprint density at radius 2 is 2.24 bits per heavy atom. The molecule has 0 radical (unpaired) electrons. The number of alkyl halides is 4. The van der Waals surface area contributed by atoms with E-state index in [1.807, 2.05) is 4.98 Å². The monoisotopic (exact) mass is 316 g/mol. The highest BCUT2D eigenvalue weighted by Gasteiger charge is 2.40. The lowest BCUT2D eigenvalue weighted by Crippen LogP contribution is -2.16. The second-order valence-corrected chi connectivity index (χ2v) is 3.88. The van der Waals surface area contributed by atoms with Gasteiger partial charge in [0.15, 0.2) is 0 Å². The number of nitrogens with one attached hydrogen (secondary N) is 1. The van der Waals surface area contributed by atoms with Gasteiger partial charge in [0.1, 0.15) is 11.7 Å². The summed E-state index contributed by atoms with van der Waals surface area (Å²) in [6.07, 6.45) is -5.25. The lowest BCUT2D eigenvalue weighted by Gasteiger charge is -2.10. The second-order valence-electron chi connectivity index (χ2n) is 3.24. The van der Waals surface area contributed by atoms with E-state index in [0.29, 0.717) is 11.4 Å². The molecule has 0 spiro atoms. The van der Waals surface area contributed by atoms with Crippen LogP contribution >= 0.6 is 15.9 Å². The summed E-state index contributed by atoms with van der Waals surface area (Å²) in [5, 5.41) is 10.7. The Kier molecular flexibility index (Phi) is 4.02. The number of halogens is 4. The van der Waals surface area contributed by atoms with Crippen LogP contribution in [0.3, 0.4) is 0 Å². The summed E-state index contributed by atoms with van der Waals surface area (Å²) in [5.41, 5.74) is -1.18. The van der Waals surface area contributed by atoms with Crippen molar-refractivity contribution in [2.24, 2.45) is 0 Å². The third kappa shape index (κ3) is 3.35. The van der Waals surface area contributed by atoms with E-state index < -0.39 is 34.5 Å². The molecule has 0 aliphatic carbocycles. The van der Waals surface area contributed by atoms with Crippen molar-refractivity contribution in [2.45, 2.75) is 19.2 Å². The number of nitrogens with zero attached hydrogens (tertiary/aromatic N) is 1. The Morgan fingerprint density at radius 3 is 2.65 bits per heavy atom. The van der Waals surface area contributed by atoms with Crippen molar-refractivity contribution in [2.75, 3.05) is 5.33 Å². The summed E-state index contributed by atoms with van der Waals surface area (Å²) in [6.45, 7) is 1.53. The first-order valence-electron chi connectivity index (χ1n) is 4.43. The van der Waals surface area contributed by atoms with Crippen LogP contribution in [-0.4, -0.2) is 21.3 Å². The normalized spacial score (nSPS) is 13.5. The number of rotatable bonds is 4.